The van der Waals surface area contributed by atoms with E-state index in [1.54, 1.807) is 0 Å². The zero-order valence-corrected chi connectivity index (χ0v) is 8.01. The number of anilines is 1. The van der Waals surface area contributed by atoms with Gasteiger partial charge < -0.3 is 10.6 Å². The Hall–Kier alpha value is -1.02. The number of benzene rings is 1. The second-order valence-electron chi connectivity index (χ2n) is 3.60. The van der Waals surface area contributed by atoms with Crippen LogP contribution in [-0.4, -0.2) is 13.1 Å². The van der Waals surface area contributed by atoms with Crippen molar-refractivity contribution < 1.29 is 0 Å². The molecule has 0 unspecified atom stereocenters. The van der Waals surface area contributed by atoms with E-state index in [4.69, 9.17) is 0 Å². The van der Waals surface area contributed by atoms with E-state index in [-0.39, 0.29) is 0 Å². The maximum atomic E-state index is 3.49. The quantitative estimate of drug-likeness (QED) is 0.733. The van der Waals surface area contributed by atoms with E-state index in [0.717, 1.165) is 12.6 Å². The van der Waals surface area contributed by atoms with Gasteiger partial charge in [0, 0.05) is 25.3 Å². The van der Waals surface area contributed by atoms with E-state index in [0.29, 0.717) is 0 Å². The fraction of sp³-hybridized carbons (Fsp3) is 0.455. The lowest BCUT2D eigenvalue weighted by Gasteiger charge is -2.04. The van der Waals surface area contributed by atoms with Gasteiger partial charge in [0.05, 0.1) is 0 Å². The first-order valence-corrected chi connectivity index (χ1v) is 4.88. The Labute approximate surface area is 79.4 Å². The zero-order valence-electron chi connectivity index (χ0n) is 8.01. The van der Waals surface area contributed by atoms with E-state index in [1.807, 2.05) is 7.05 Å². The average molecular weight is 176 g/mol. The molecule has 0 saturated heterocycles. The van der Waals surface area contributed by atoms with E-state index < -0.39 is 0 Å². The summed E-state index contributed by atoms with van der Waals surface area (Å²) < 4.78 is 0. The Bertz CT molecular complexity index is 262. The summed E-state index contributed by atoms with van der Waals surface area (Å²) in [7, 11) is 1.94. The maximum Gasteiger partial charge on any atom is 0.0337 e. The van der Waals surface area contributed by atoms with Gasteiger partial charge in [0.25, 0.3) is 0 Å². The van der Waals surface area contributed by atoms with Gasteiger partial charge in [0.1, 0.15) is 0 Å². The molecule has 1 saturated carbocycles. The molecule has 0 amide bonds. The predicted molar refractivity (Wildman–Crippen MR) is 55.9 cm³/mol. The van der Waals surface area contributed by atoms with E-state index in [2.05, 4.69) is 34.9 Å². The molecule has 2 rings (SSSR count). The maximum absolute atomic E-state index is 3.49. The summed E-state index contributed by atoms with van der Waals surface area (Å²) in [5.41, 5.74) is 2.54. The van der Waals surface area contributed by atoms with Crippen LogP contribution in [0.2, 0.25) is 0 Å². The Morgan fingerprint density at radius 1 is 1.23 bits per heavy atom. The monoisotopic (exact) mass is 176 g/mol. The van der Waals surface area contributed by atoms with Crippen molar-refractivity contribution in [3.63, 3.8) is 0 Å². The van der Waals surface area contributed by atoms with Gasteiger partial charge in [-0.15, -0.1) is 0 Å². The lowest BCUT2D eigenvalue weighted by Crippen LogP contribution is -2.15. The summed E-state index contributed by atoms with van der Waals surface area (Å²) in [5, 5.41) is 6.60. The Morgan fingerprint density at radius 2 is 1.92 bits per heavy atom. The van der Waals surface area contributed by atoms with Crippen molar-refractivity contribution in [2.24, 2.45) is 0 Å². The van der Waals surface area contributed by atoms with Gasteiger partial charge in [0.15, 0.2) is 0 Å². The first kappa shape index (κ1) is 8.57. The molecule has 0 aliphatic heterocycles. The molecule has 1 aliphatic rings. The van der Waals surface area contributed by atoms with Crippen molar-refractivity contribution in [2.75, 3.05) is 12.4 Å². The second kappa shape index (κ2) is 3.79. The molecule has 1 aromatic carbocycles. The lowest BCUT2D eigenvalue weighted by atomic mass is 10.2. The molecule has 70 valence electrons. The molecule has 2 N–H and O–H groups in total. The minimum atomic E-state index is 0.795. The third-order valence-electron chi connectivity index (χ3n) is 2.41. The molecule has 13 heavy (non-hydrogen) atoms. The van der Waals surface area contributed by atoms with Crippen LogP contribution >= 0.6 is 0 Å². The first-order chi connectivity index (χ1) is 6.38. The molecule has 1 fully saturated rings. The van der Waals surface area contributed by atoms with Gasteiger partial charge in [-0.25, -0.2) is 0 Å². The molecule has 0 atom stereocenters. The summed E-state index contributed by atoms with van der Waals surface area (Å²) in [5.74, 6) is 0. The topological polar surface area (TPSA) is 24.1 Å². The molecule has 0 spiro atoms. The van der Waals surface area contributed by atoms with Gasteiger partial charge >= 0.3 is 0 Å². The first-order valence-electron chi connectivity index (χ1n) is 4.88. The highest BCUT2D eigenvalue weighted by molar-refractivity contribution is 5.43. The highest BCUT2D eigenvalue weighted by Crippen LogP contribution is 2.19. The molecular formula is C11H16N2. The van der Waals surface area contributed by atoms with Crippen LogP contribution in [-0.2, 0) is 6.54 Å². The van der Waals surface area contributed by atoms with Gasteiger partial charge in [-0.05, 0) is 30.5 Å². The predicted octanol–water partition coefficient (Wildman–Crippen LogP) is 1.98. The molecule has 1 aromatic rings. The number of hydrogen-bond donors (Lipinski definition) is 2. The average Bonchev–Trinajstić information content (AvgIpc) is 2.99. The third-order valence-corrected chi connectivity index (χ3v) is 2.41. The van der Waals surface area contributed by atoms with Crippen molar-refractivity contribution in [1.82, 2.24) is 5.32 Å². The minimum absolute atomic E-state index is 0.795. The van der Waals surface area contributed by atoms with E-state index in [9.17, 15) is 0 Å². The van der Waals surface area contributed by atoms with Crippen molar-refractivity contribution >= 4 is 5.69 Å². The highest BCUT2D eigenvalue weighted by Gasteiger charge is 2.19. The standard InChI is InChI=1S/C11H16N2/c1-12-10-4-2-9(3-5-10)8-13-11-6-7-11/h2-5,11-13H,6-8H2,1H3. The van der Waals surface area contributed by atoms with Gasteiger partial charge in [-0.3, -0.25) is 0 Å². The molecule has 0 heterocycles. The number of rotatable bonds is 4. The van der Waals surface area contributed by atoms with Gasteiger partial charge in [-0.2, -0.15) is 0 Å². The molecule has 0 radical (unpaired) electrons. The van der Waals surface area contributed by atoms with Crippen LogP contribution in [0.3, 0.4) is 0 Å². The van der Waals surface area contributed by atoms with Gasteiger partial charge in [-0.1, -0.05) is 12.1 Å². The second-order valence-corrected chi connectivity index (χ2v) is 3.60. The van der Waals surface area contributed by atoms with Gasteiger partial charge in [0.2, 0.25) is 0 Å². The Balaban J connectivity index is 1.88. The van der Waals surface area contributed by atoms with E-state index in [1.165, 1.54) is 24.1 Å². The molecule has 1 aliphatic carbocycles. The summed E-state index contributed by atoms with van der Waals surface area (Å²) in [4.78, 5) is 0. The SMILES string of the molecule is CNc1ccc(CNC2CC2)cc1. The van der Waals surface area contributed by atoms with Crippen molar-refractivity contribution in [1.29, 1.82) is 0 Å². The van der Waals surface area contributed by atoms with Crippen molar-refractivity contribution in [3.8, 4) is 0 Å². The third kappa shape index (κ3) is 2.46. The smallest absolute Gasteiger partial charge is 0.0337 e. The Kier molecular flexibility index (Phi) is 2.50. The van der Waals surface area contributed by atoms with Crippen LogP contribution in [0.4, 0.5) is 5.69 Å². The summed E-state index contributed by atoms with van der Waals surface area (Å²) in [6.07, 6.45) is 2.71. The molecule has 2 heteroatoms. The lowest BCUT2D eigenvalue weighted by molar-refractivity contribution is 0.688. The summed E-state index contributed by atoms with van der Waals surface area (Å²) in [6, 6.07) is 9.36. The number of hydrogen-bond acceptors (Lipinski definition) is 2. The minimum Gasteiger partial charge on any atom is -0.388 e. The summed E-state index contributed by atoms with van der Waals surface area (Å²) in [6.45, 7) is 1.01. The van der Waals surface area contributed by atoms with Crippen LogP contribution in [0.25, 0.3) is 0 Å². The normalized spacial score (nSPS) is 15.8. The molecule has 2 nitrogen and oxygen atoms in total. The summed E-state index contributed by atoms with van der Waals surface area (Å²) >= 11 is 0. The fourth-order valence-electron chi connectivity index (χ4n) is 1.34. The van der Waals surface area contributed by atoms with Crippen LogP contribution < -0.4 is 10.6 Å². The van der Waals surface area contributed by atoms with E-state index >= 15 is 0 Å². The van der Waals surface area contributed by atoms with Crippen molar-refractivity contribution in [3.05, 3.63) is 29.8 Å². The highest BCUT2D eigenvalue weighted by atomic mass is 14.9. The largest absolute Gasteiger partial charge is 0.388 e. The van der Waals surface area contributed by atoms with Crippen LogP contribution in [0, 0.1) is 0 Å². The van der Waals surface area contributed by atoms with Crippen LogP contribution in [0.5, 0.6) is 0 Å². The van der Waals surface area contributed by atoms with Crippen LogP contribution in [0.1, 0.15) is 18.4 Å². The molecular weight excluding hydrogens is 160 g/mol. The zero-order chi connectivity index (χ0) is 9.10. The number of nitrogens with one attached hydrogen (secondary N) is 2. The van der Waals surface area contributed by atoms with Crippen LogP contribution in [0.15, 0.2) is 24.3 Å². The Morgan fingerprint density at radius 3 is 2.46 bits per heavy atom. The molecule has 0 bridgehead atoms. The van der Waals surface area contributed by atoms with Crippen molar-refractivity contribution in [2.45, 2.75) is 25.4 Å². The fourth-order valence-corrected chi connectivity index (χ4v) is 1.34. The molecule has 0 aromatic heterocycles.